The van der Waals surface area contributed by atoms with Gasteiger partial charge in [-0.2, -0.15) is 0 Å². The summed E-state index contributed by atoms with van der Waals surface area (Å²) >= 11 is 0. The van der Waals surface area contributed by atoms with Gasteiger partial charge in [-0.3, -0.25) is 0 Å². The number of alkyl halides is 4. The Bertz CT molecular complexity index is 1940. The normalized spacial score (nSPS) is 15.1. The van der Waals surface area contributed by atoms with Crippen LogP contribution >= 0.6 is 0 Å². The van der Waals surface area contributed by atoms with Gasteiger partial charge in [0.05, 0.1) is 18.0 Å². The van der Waals surface area contributed by atoms with Crippen molar-refractivity contribution >= 4 is 23.8 Å². The maximum Gasteiger partial charge on any atom is 0.407 e. The highest BCUT2D eigenvalue weighted by Gasteiger charge is 2.26. The second kappa shape index (κ2) is 20.7. The van der Waals surface area contributed by atoms with E-state index in [4.69, 9.17) is 14.2 Å². The molecule has 0 spiro atoms. The second-order valence-electron chi connectivity index (χ2n) is 14.7. The molecule has 2 saturated heterocycles. The van der Waals surface area contributed by atoms with E-state index in [1.807, 2.05) is 20.8 Å². The molecule has 0 radical (unpaired) electrons. The summed E-state index contributed by atoms with van der Waals surface area (Å²) in [4.78, 5) is 44.8. The number of amides is 2. The van der Waals surface area contributed by atoms with Crippen molar-refractivity contribution in [3.63, 3.8) is 0 Å². The van der Waals surface area contributed by atoms with Crippen molar-refractivity contribution in [2.75, 3.05) is 56.3 Å². The molecule has 4 aromatic rings. The van der Waals surface area contributed by atoms with Crippen LogP contribution in [0.4, 0.5) is 38.8 Å². The number of piperidine rings is 2. The highest BCUT2D eigenvalue weighted by Crippen LogP contribution is 2.33. The summed E-state index contributed by atoms with van der Waals surface area (Å²) in [6.45, 7) is 8.78. The number of alkyl carbamates (subject to hydrolysis) is 2. The molecule has 2 aromatic heterocycles. The molecule has 2 aromatic carbocycles. The zero-order valence-electron chi connectivity index (χ0n) is 33.0. The first kappa shape index (κ1) is 43.5. The van der Waals surface area contributed by atoms with Crippen LogP contribution in [0.3, 0.4) is 0 Å². The SMILES string of the molecule is CC(C)(C)OC(=O)NC1CCN(c2cc(-c3ccccc3C(F)F)ncn2)CC1.COCCOC(=O)NC1CCN(c2cc(-c3ccccc3C(F)F)ncn2)CC1. The van der Waals surface area contributed by atoms with Crippen molar-refractivity contribution in [3.8, 4) is 22.5 Å². The van der Waals surface area contributed by atoms with Crippen LogP contribution in [-0.2, 0) is 14.2 Å². The van der Waals surface area contributed by atoms with E-state index in [0.717, 1.165) is 25.7 Å². The monoisotopic (exact) mass is 810 g/mol. The fourth-order valence-corrected chi connectivity index (χ4v) is 6.58. The topological polar surface area (TPSA) is 144 Å². The number of ether oxygens (including phenoxy) is 3. The molecular weight excluding hydrogens is 760 g/mol. The smallest absolute Gasteiger partial charge is 0.407 e. The van der Waals surface area contributed by atoms with E-state index in [1.54, 1.807) is 55.6 Å². The standard InChI is InChI=1S/C21H26F2N4O2.C20H24F2N4O3/c1-21(2,3)29-20(28)26-14-8-10-27(11-9-14)18-12-17(24-13-25-18)15-6-4-5-7-16(15)19(22)23;1-28-10-11-29-20(27)25-14-6-8-26(9-7-14)18-12-17(23-13-24-18)15-4-2-3-5-16(15)19(21)22/h4-7,12-14,19H,8-11H2,1-3H3,(H,26,28);2-5,12-14,19H,6-11H2,1H3,(H,25,27). The number of hydrogen-bond donors (Lipinski definition) is 2. The molecule has 0 aliphatic carbocycles. The Morgan fingerprint density at radius 1 is 0.690 bits per heavy atom. The van der Waals surface area contributed by atoms with Crippen molar-refractivity contribution in [1.82, 2.24) is 30.6 Å². The van der Waals surface area contributed by atoms with E-state index in [2.05, 4.69) is 40.4 Å². The lowest BCUT2D eigenvalue weighted by Crippen LogP contribution is -2.46. The van der Waals surface area contributed by atoms with Gasteiger partial charge < -0.3 is 34.6 Å². The fraction of sp³-hybridized carbons (Fsp3) is 0.463. The average molecular weight is 811 g/mol. The van der Waals surface area contributed by atoms with Gasteiger partial charge in [0.25, 0.3) is 12.9 Å². The Kier molecular flexibility index (Phi) is 15.6. The number of aromatic nitrogens is 4. The lowest BCUT2D eigenvalue weighted by molar-refractivity contribution is 0.0497. The number of nitrogens with one attached hydrogen (secondary N) is 2. The predicted octanol–water partition coefficient (Wildman–Crippen LogP) is 8.00. The van der Waals surface area contributed by atoms with Crippen LogP contribution in [0.1, 0.15) is 70.4 Å². The molecular formula is C41H50F4N8O5. The van der Waals surface area contributed by atoms with Crippen LogP contribution in [-0.4, -0.2) is 96.3 Å². The molecule has 2 N–H and O–H groups in total. The van der Waals surface area contributed by atoms with Crippen molar-refractivity contribution in [2.24, 2.45) is 0 Å². The first-order valence-corrected chi connectivity index (χ1v) is 19.1. The third-order valence-electron chi connectivity index (χ3n) is 9.45. The molecule has 17 heteroatoms. The number of methoxy groups -OCH3 is 1. The minimum Gasteiger partial charge on any atom is -0.447 e. The average Bonchev–Trinajstić information content (AvgIpc) is 3.21. The van der Waals surface area contributed by atoms with Gasteiger partial charge in [0.15, 0.2) is 0 Å². The lowest BCUT2D eigenvalue weighted by atomic mass is 10.0. The van der Waals surface area contributed by atoms with Gasteiger partial charge in [-0.15, -0.1) is 0 Å². The lowest BCUT2D eigenvalue weighted by Gasteiger charge is -2.33. The number of nitrogens with zero attached hydrogens (tertiary/aromatic N) is 6. The Hall–Kier alpha value is -5.58. The Morgan fingerprint density at radius 2 is 1.12 bits per heavy atom. The third kappa shape index (κ3) is 12.7. The van der Waals surface area contributed by atoms with E-state index < -0.39 is 30.6 Å². The fourth-order valence-electron chi connectivity index (χ4n) is 6.58. The van der Waals surface area contributed by atoms with Gasteiger partial charge in [-0.25, -0.2) is 47.1 Å². The zero-order valence-corrected chi connectivity index (χ0v) is 33.0. The minimum absolute atomic E-state index is 0.0159. The van der Waals surface area contributed by atoms with Crippen LogP contribution in [0.25, 0.3) is 22.5 Å². The predicted molar refractivity (Wildman–Crippen MR) is 211 cm³/mol. The van der Waals surface area contributed by atoms with E-state index in [-0.39, 0.29) is 29.8 Å². The van der Waals surface area contributed by atoms with Gasteiger partial charge in [0.2, 0.25) is 0 Å². The molecule has 13 nitrogen and oxygen atoms in total. The summed E-state index contributed by atoms with van der Waals surface area (Å²) in [5.74, 6) is 1.37. The Balaban J connectivity index is 0.000000221. The molecule has 4 heterocycles. The number of carbonyl (C=O) groups excluding carboxylic acids is 2. The van der Waals surface area contributed by atoms with Crippen molar-refractivity contribution in [1.29, 1.82) is 0 Å². The van der Waals surface area contributed by atoms with Crippen LogP contribution in [0.5, 0.6) is 0 Å². The number of benzene rings is 2. The van der Waals surface area contributed by atoms with E-state index in [1.165, 1.54) is 24.8 Å². The van der Waals surface area contributed by atoms with Crippen LogP contribution in [0.2, 0.25) is 0 Å². The van der Waals surface area contributed by atoms with Crippen LogP contribution in [0.15, 0.2) is 73.3 Å². The maximum absolute atomic E-state index is 13.3. The minimum atomic E-state index is -2.57. The molecule has 6 rings (SSSR count). The van der Waals surface area contributed by atoms with Gasteiger partial charge in [0.1, 0.15) is 36.5 Å². The summed E-state index contributed by atoms with van der Waals surface area (Å²) in [6, 6.07) is 16.2. The Labute approximate surface area is 335 Å². The summed E-state index contributed by atoms with van der Waals surface area (Å²) in [6.07, 6.45) is -0.272. The number of rotatable bonds is 11. The van der Waals surface area contributed by atoms with Crippen molar-refractivity contribution < 1.29 is 41.4 Å². The van der Waals surface area contributed by atoms with Crippen LogP contribution < -0.4 is 20.4 Å². The molecule has 2 amide bonds. The first-order chi connectivity index (χ1) is 27.8. The molecule has 58 heavy (non-hydrogen) atoms. The summed E-state index contributed by atoms with van der Waals surface area (Å²) < 4.78 is 68.4. The van der Waals surface area contributed by atoms with E-state index in [9.17, 15) is 27.2 Å². The van der Waals surface area contributed by atoms with E-state index in [0.29, 0.717) is 66.9 Å². The molecule has 0 saturated carbocycles. The molecule has 0 unspecified atom stereocenters. The maximum atomic E-state index is 13.3. The summed E-state index contributed by atoms with van der Waals surface area (Å²) in [5.41, 5.74) is 1.13. The summed E-state index contributed by atoms with van der Waals surface area (Å²) in [7, 11) is 1.54. The van der Waals surface area contributed by atoms with Gasteiger partial charge in [-0.05, 0) is 46.5 Å². The summed E-state index contributed by atoms with van der Waals surface area (Å²) in [5, 5.41) is 5.75. The zero-order chi connectivity index (χ0) is 41.7. The largest absolute Gasteiger partial charge is 0.447 e. The van der Waals surface area contributed by atoms with Gasteiger partial charge >= 0.3 is 12.2 Å². The van der Waals surface area contributed by atoms with Gasteiger partial charge in [-0.1, -0.05) is 48.5 Å². The van der Waals surface area contributed by atoms with E-state index >= 15 is 0 Å². The molecule has 2 fully saturated rings. The Morgan fingerprint density at radius 3 is 1.53 bits per heavy atom. The molecule has 2 aliphatic rings. The highest BCUT2D eigenvalue weighted by molar-refractivity contribution is 5.69. The number of anilines is 2. The molecule has 0 atom stereocenters. The second-order valence-corrected chi connectivity index (χ2v) is 14.7. The molecule has 0 bridgehead atoms. The van der Waals surface area contributed by atoms with Gasteiger partial charge in [0, 0.05) is 79.8 Å². The number of halogens is 4. The van der Waals surface area contributed by atoms with Crippen LogP contribution in [0, 0.1) is 0 Å². The molecule has 2 aliphatic heterocycles. The molecule has 312 valence electrons. The van der Waals surface area contributed by atoms with Crippen molar-refractivity contribution in [3.05, 3.63) is 84.4 Å². The first-order valence-electron chi connectivity index (χ1n) is 19.1. The van der Waals surface area contributed by atoms with Crippen molar-refractivity contribution in [2.45, 2.75) is 77.0 Å². The number of carbonyl (C=O) groups is 2. The quantitative estimate of drug-likeness (QED) is 0.112. The third-order valence-corrected chi connectivity index (χ3v) is 9.45. The highest BCUT2D eigenvalue weighted by atomic mass is 19.3. The number of hydrogen-bond acceptors (Lipinski definition) is 11.